The van der Waals surface area contributed by atoms with Crippen LogP contribution in [0.1, 0.15) is 10.4 Å². The highest BCUT2D eigenvalue weighted by Crippen LogP contribution is 2.30. The van der Waals surface area contributed by atoms with Gasteiger partial charge in [0.15, 0.2) is 5.58 Å². The molecule has 0 bridgehead atoms. The fraction of sp³-hybridized carbons (Fsp3) is 0.0476. The first-order valence-corrected chi connectivity index (χ1v) is 7.90. The number of esters is 1. The molecule has 0 saturated carbocycles. The Bertz CT molecular complexity index is 1050. The molecule has 0 aliphatic rings. The lowest BCUT2D eigenvalue weighted by Crippen LogP contribution is -2.03. The number of rotatable bonds is 3. The molecule has 4 rings (SSSR count). The standard InChI is InChI=1S/C21H15NO3/c1-24-21(23)17-10-6-5-9-16(17)20-22-18-12-11-15(13-19(18)25-20)14-7-3-2-4-8-14/h2-13H,1H3. The minimum Gasteiger partial charge on any atom is -0.465 e. The Balaban J connectivity index is 1.82. The van der Waals surface area contributed by atoms with E-state index in [2.05, 4.69) is 4.98 Å². The van der Waals surface area contributed by atoms with Gasteiger partial charge >= 0.3 is 5.97 Å². The monoisotopic (exact) mass is 329 g/mol. The summed E-state index contributed by atoms with van der Waals surface area (Å²) < 4.78 is 10.8. The number of benzene rings is 3. The maximum absolute atomic E-state index is 12.0. The molecule has 4 nitrogen and oxygen atoms in total. The number of fused-ring (bicyclic) bond motifs is 1. The molecule has 1 heterocycles. The lowest BCUT2D eigenvalue weighted by Gasteiger charge is -2.03. The van der Waals surface area contributed by atoms with E-state index in [0.29, 0.717) is 22.6 Å². The maximum Gasteiger partial charge on any atom is 0.338 e. The van der Waals surface area contributed by atoms with Crippen LogP contribution in [-0.4, -0.2) is 18.1 Å². The van der Waals surface area contributed by atoms with Crippen molar-refractivity contribution in [1.82, 2.24) is 4.98 Å². The molecule has 122 valence electrons. The molecular weight excluding hydrogens is 314 g/mol. The van der Waals surface area contributed by atoms with Crippen LogP contribution < -0.4 is 0 Å². The molecule has 0 amide bonds. The minimum absolute atomic E-state index is 0.404. The van der Waals surface area contributed by atoms with Crippen LogP contribution in [0, 0.1) is 0 Å². The van der Waals surface area contributed by atoms with Crippen LogP contribution in [0.5, 0.6) is 0 Å². The number of carbonyl (C=O) groups excluding carboxylic acids is 1. The third-order valence-electron chi connectivity index (χ3n) is 4.06. The summed E-state index contributed by atoms with van der Waals surface area (Å²) in [7, 11) is 1.36. The van der Waals surface area contributed by atoms with Gasteiger partial charge in [-0.05, 0) is 35.4 Å². The molecule has 0 spiro atoms. The number of hydrogen-bond donors (Lipinski definition) is 0. The topological polar surface area (TPSA) is 52.3 Å². The molecule has 0 fully saturated rings. The average Bonchev–Trinajstić information content (AvgIpc) is 3.11. The van der Waals surface area contributed by atoms with E-state index in [-0.39, 0.29) is 0 Å². The van der Waals surface area contributed by atoms with E-state index in [9.17, 15) is 4.79 Å². The van der Waals surface area contributed by atoms with Crippen LogP contribution >= 0.6 is 0 Å². The molecular formula is C21H15NO3. The van der Waals surface area contributed by atoms with Crippen molar-refractivity contribution >= 4 is 17.1 Å². The van der Waals surface area contributed by atoms with Crippen molar-refractivity contribution in [3.8, 4) is 22.6 Å². The second kappa shape index (κ2) is 6.24. The third-order valence-corrected chi connectivity index (χ3v) is 4.06. The second-order valence-electron chi connectivity index (χ2n) is 5.60. The molecule has 3 aromatic carbocycles. The van der Waals surface area contributed by atoms with Crippen molar-refractivity contribution in [2.45, 2.75) is 0 Å². The summed E-state index contributed by atoms with van der Waals surface area (Å²) in [6, 6.07) is 23.1. The maximum atomic E-state index is 12.0. The summed E-state index contributed by atoms with van der Waals surface area (Å²) in [5.41, 5.74) is 4.63. The SMILES string of the molecule is COC(=O)c1ccccc1-c1nc2ccc(-c3ccccc3)cc2o1. The van der Waals surface area contributed by atoms with E-state index in [1.807, 2.05) is 54.6 Å². The van der Waals surface area contributed by atoms with E-state index in [4.69, 9.17) is 9.15 Å². The van der Waals surface area contributed by atoms with Gasteiger partial charge in [-0.2, -0.15) is 0 Å². The summed E-state index contributed by atoms with van der Waals surface area (Å²) in [4.78, 5) is 16.5. The molecule has 25 heavy (non-hydrogen) atoms. The van der Waals surface area contributed by atoms with Crippen LogP contribution in [0.2, 0.25) is 0 Å². The van der Waals surface area contributed by atoms with E-state index < -0.39 is 5.97 Å². The summed E-state index contributed by atoms with van der Waals surface area (Å²) >= 11 is 0. The van der Waals surface area contributed by atoms with Gasteiger partial charge in [-0.25, -0.2) is 9.78 Å². The molecule has 4 heteroatoms. The molecule has 0 N–H and O–H groups in total. The third kappa shape index (κ3) is 2.78. The van der Waals surface area contributed by atoms with Crippen molar-refractivity contribution in [2.75, 3.05) is 7.11 Å². The number of aromatic nitrogens is 1. The largest absolute Gasteiger partial charge is 0.465 e. The van der Waals surface area contributed by atoms with E-state index in [1.165, 1.54) is 7.11 Å². The van der Waals surface area contributed by atoms with E-state index >= 15 is 0 Å². The molecule has 0 aliphatic carbocycles. The van der Waals surface area contributed by atoms with Gasteiger partial charge < -0.3 is 9.15 Å². The van der Waals surface area contributed by atoms with Gasteiger partial charge in [0.25, 0.3) is 0 Å². The quantitative estimate of drug-likeness (QED) is 0.499. The second-order valence-corrected chi connectivity index (χ2v) is 5.60. The van der Waals surface area contributed by atoms with Crippen LogP contribution in [0.15, 0.2) is 77.2 Å². The van der Waals surface area contributed by atoms with Gasteiger partial charge in [0.05, 0.1) is 18.2 Å². The lowest BCUT2D eigenvalue weighted by molar-refractivity contribution is 0.0601. The van der Waals surface area contributed by atoms with Crippen LogP contribution in [0.4, 0.5) is 0 Å². The van der Waals surface area contributed by atoms with Gasteiger partial charge in [-0.1, -0.05) is 48.5 Å². The fourth-order valence-corrected chi connectivity index (χ4v) is 2.81. The number of methoxy groups -OCH3 is 1. The Morgan fingerprint density at radius 1 is 0.920 bits per heavy atom. The predicted octanol–water partition coefficient (Wildman–Crippen LogP) is 4.95. The average molecular weight is 329 g/mol. The smallest absolute Gasteiger partial charge is 0.338 e. The predicted molar refractivity (Wildman–Crippen MR) is 96.2 cm³/mol. The molecule has 0 atom stereocenters. The normalized spacial score (nSPS) is 10.8. The van der Waals surface area contributed by atoms with Crippen LogP contribution in [0.25, 0.3) is 33.7 Å². The number of nitrogens with zero attached hydrogens (tertiary/aromatic N) is 1. The first-order valence-electron chi connectivity index (χ1n) is 7.90. The first kappa shape index (κ1) is 15.1. The van der Waals surface area contributed by atoms with Crippen molar-refractivity contribution in [3.63, 3.8) is 0 Å². The zero-order chi connectivity index (χ0) is 17.2. The zero-order valence-corrected chi connectivity index (χ0v) is 13.6. The lowest BCUT2D eigenvalue weighted by atomic mass is 10.1. The van der Waals surface area contributed by atoms with E-state index in [0.717, 1.165) is 16.6 Å². The molecule has 0 radical (unpaired) electrons. The van der Waals surface area contributed by atoms with Gasteiger partial charge in [-0.15, -0.1) is 0 Å². The Morgan fingerprint density at radius 2 is 1.68 bits per heavy atom. The van der Waals surface area contributed by atoms with Crippen molar-refractivity contribution < 1.29 is 13.9 Å². The molecule has 0 unspecified atom stereocenters. The van der Waals surface area contributed by atoms with E-state index in [1.54, 1.807) is 18.2 Å². The van der Waals surface area contributed by atoms with Gasteiger partial charge in [0.2, 0.25) is 5.89 Å². The van der Waals surface area contributed by atoms with Crippen molar-refractivity contribution in [1.29, 1.82) is 0 Å². The number of carbonyl (C=O) groups is 1. The number of hydrogen-bond acceptors (Lipinski definition) is 4. The Labute approximate surface area is 144 Å². The molecule has 0 aliphatic heterocycles. The van der Waals surface area contributed by atoms with Crippen LogP contribution in [-0.2, 0) is 4.74 Å². The Morgan fingerprint density at radius 3 is 2.48 bits per heavy atom. The van der Waals surface area contributed by atoms with Crippen LogP contribution in [0.3, 0.4) is 0 Å². The molecule has 0 saturated heterocycles. The van der Waals surface area contributed by atoms with Crippen molar-refractivity contribution in [3.05, 3.63) is 78.4 Å². The Hall–Kier alpha value is -3.40. The fourth-order valence-electron chi connectivity index (χ4n) is 2.81. The minimum atomic E-state index is -0.414. The highest BCUT2D eigenvalue weighted by molar-refractivity contribution is 5.96. The molecule has 1 aromatic heterocycles. The highest BCUT2D eigenvalue weighted by Gasteiger charge is 2.17. The zero-order valence-electron chi connectivity index (χ0n) is 13.6. The first-order chi connectivity index (χ1) is 12.3. The van der Waals surface area contributed by atoms with Gasteiger partial charge in [-0.3, -0.25) is 0 Å². The Kier molecular flexibility index (Phi) is 3.78. The highest BCUT2D eigenvalue weighted by atomic mass is 16.5. The summed E-state index contributed by atoms with van der Waals surface area (Å²) in [5.74, 6) is -0.0101. The number of oxazole rings is 1. The van der Waals surface area contributed by atoms with Gasteiger partial charge in [0.1, 0.15) is 5.52 Å². The summed E-state index contributed by atoms with van der Waals surface area (Å²) in [6.45, 7) is 0. The van der Waals surface area contributed by atoms with Gasteiger partial charge in [0, 0.05) is 0 Å². The summed E-state index contributed by atoms with van der Waals surface area (Å²) in [5, 5.41) is 0. The van der Waals surface area contributed by atoms with Crippen molar-refractivity contribution in [2.24, 2.45) is 0 Å². The summed E-state index contributed by atoms with van der Waals surface area (Å²) in [6.07, 6.45) is 0. The number of ether oxygens (including phenoxy) is 1. The molecule has 4 aromatic rings.